The molecule has 0 atom stereocenters. The fourth-order valence-corrected chi connectivity index (χ4v) is 3.56. The van der Waals surface area contributed by atoms with Gasteiger partial charge in [-0.3, -0.25) is 0 Å². The molecule has 0 radical (unpaired) electrons. The van der Waals surface area contributed by atoms with Crippen molar-refractivity contribution in [3.63, 3.8) is 0 Å². The van der Waals surface area contributed by atoms with E-state index in [-0.39, 0.29) is 5.95 Å². The molecule has 7 heteroatoms. The average molecular weight is 303 g/mol. The van der Waals surface area contributed by atoms with Gasteiger partial charge in [-0.05, 0) is 36.7 Å². The zero-order valence-corrected chi connectivity index (χ0v) is 12.8. The maximum absolute atomic E-state index is 5.78. The molecule has 3 aromatic heterocycles. The van der Waals surface area contributed by atoms with Gasteiger partial charge in [0, 0.05) is 22.7 Å². The van der Waals surface area contributed by atoms with Gasteiger partial charge in [0.2, 0.25) is 5.95 Å². The van der Waals surface area contributed by atoms with Gasteiger partial charge in [-0.1, -0.05) is 6.92 Å². The van der Waals surface area contributed by atoms with Gasteiger partial charge in [0.15, 0.2) is 5.16 Å². The summed E-state index contributed by atoms with van der Waals surface area (Å²) in [6.07, 6.45) is 4.57. The van der Waals surface area contributed by atoms with E-state index >= 15 is 0 Å². The second-order valence-corrected chi connectivity index (χ2v) is 6.39. The van der Waals surface area contributed by atoms with Crippen LogP contribution in [0.1, 0.15) is 17.4 Å². The molecule has 5 nitrogen and oxygen atoms in total. The quantitative estimate of drug-likeness (QED) is 0.592. The van der Waals surface area contributed by atoms with Gasteiger partial charge in [0.25, 0.3) is 0 Å². The highest BCUT2D eigenvalue weighted by Gasteiger charge is 2.12. The number of rotatable bonds is 3. The molecule has 0 unspecified atom stereocenters. The molecule has 0 aliphatic carbocycles. The molecule has 0 aliphatic heterocycles. The zero-order chi connectivity index (χ0) is 14.1. The highest BCUT2D eigenvalue weighted by Crippen LogP contribution is 2.34. The number of fused-ring (bicyclic) bond motifs is 1. The summed E-state index contributed by atoms with van der Waals surface area (Å²) in [6.45, 7) is 4.08. The Kier molecular flexibility index (Phi) is 3.54. The maximum Gasteiger partial charge on any atom is 0.222 e. The standard InChI is InChI=1S/C13H13N5S2/c1-3-8-4-9-10(19-8)17-12(14)18-11(9)20-13-15-5-7(2)6-16-13/h4-6H,3H2,1-2H3,(H2,14,17,18). The number of thiophene rings is 1. The number of hydrogen-bond donors (Lipinski definition) is 1. The second kappa shape index (κ2) is 5.34. The van der Waals surface area contributed by atoms with Crippen LogP contribution in [0.3, 0.4) is 0 Å². The summed E-state index contributed by atoms with van der Waals surface area (Å²) in [4.78, 5) is 19.4. The van der Waals surface area contributed by atoms with Crippen molar-refractivity contribution < 1.29 is 0 Å². The normalized spacial score (nSPS) is 11.1. The molecule has 20 heavy (non-hydrogen) atoms. The summed E-state index contributed by atoms with van der Waals surface area (Å²) in [5.74, 6) is 0.289. The van der Waals surface area contributed by atoms with Crippen LogP contribution in [-0.2, 0) is 6.42 Å². The minimum Gasteiger partial charge on any atom is -0.368 e. The third-order valence-electron chi connectivity index (χ3n) is 2.72. The van der Waals surface area contributed by atoms with E-state index in [0.29, 0.717) is 5.16 Å². The predicted molar refractivity (Wildman–Crippen MR) is 82.1 cm³/mol. The van der Waals surface area contributed by atoms with Crippen molar-refractivity contribution in [3.05, 3.63) is 28.9 Å². The van der Waals surface area contributed by atoms with Crippen LogP contribution in [0, 0.1) is 6.92 Å². The maximum atomic E-state index is 5.78. The zero-order valence-electron chi connectivity index (χ0n) is 11.1. The summed E-state index contributed by atoms with van der Waals surface area (Å²) in [7, 11) is 0. The van der Waals surface area contributed by atoms with Gasteiger partial charge in [0.05, 0.1) is 0 Å². The van der Waals surface area contributed by atoms with Gasteiger partial charge >= 0.3 is 0 Å². The Labute approximate surface area is 124 Å². The number of aryl methyl sites for hydroxylation is 2. The first kappa shape index (κ1) is 13.3. The molecule has 0 aromatic carbocycles. The first-order valence-corrected chi connectivity index (χ1v) is 7.81. The predicted octanol–water partition coefficient (Wildman–Crippen LogP) is 3.09. The third-order valence-corrected chi connectivity index (χ3v) is 4.79. The Hall–Kier alpha value is -1.73. The van der Waals surface area contributed by atoms with E-state index < -0.39 is 0 Å². The molecule has 3 aromatic rings. The molecule has 2 N–H and O–H groups in total. The van der Waals surface area contributed by atoms with E-state index in [1.807, 2.05) is 6.92 Å². The number of anilines is 1. The number of aromatic nitrogens is 4. The van der Waals surface area contributed by atoms with Gasteiger partial charge in [-0.2, -0.15) is 0 Å². The van der Waals surface area contributed by atoms with Crippen molar-refractivity contribution in [1.29, 1.82) is 0 Å². The van der Waals surface area contributed by atoms with Crippen LogP contribution in [0.5, 0.6) is 0 Å². The molecule has 0 saturated heterocycles. The van der Waals surface area contributed by atoms with Crippen LogP contribution in [-0.4, -0.2) is 19.9 Å². The SMILES string of the molecule is CCc1cc2c(Sc3ncc(C)cn3)nc(N)nc2s1. The minimum atomic E-state index is 0.289. The highest BCUT2D eigenvalue weighted by molar-refractivity contribution is 7.99. The Morgan fingerprint density at radius 1 is 1.25 bits per heavy atom. The molecule has 3 rings (SSSR count). The van der Waals surface area contributed by atoms with Crippen LogP contribution in [0.2, 0.25) is 0 Å². The Bertz CT molecular complexity index is 751. The fourth-order valence-electron chi connectivity index (χ4n) is 1.73. The van der Waals surface area contributed by atoms with Crippen molar-refractivity contribution in [3.8, 4) is 0 Å². The van der Waals surface area contributed by atoms with Crippen molar-refractivity contribution in [1.82, 2.24) is 19.9 Å². The lowest BCUT2D eigenvalue weighted by molar-refractivity contribution is 0.946. The second-order valence-electron chi connectivity index (χ2n) is 4.32. The van der Waals surface area contributed by atoms with E-state index in [4.69, 9.17) is 5.73 Å². The van der Waals surface area contributed by atoms with E-state index in [2.05, 4.69) is 32.9 Å². The van der Waals surface area contributed by atoms with E-state index in [0.717, 1.165) is 27.2 Å². The molecular weight excluding hydrogens is 290 g/mol. The van der Waals surface area contributed by atoms with Crippen molar-refractivity contribution >= 4 is 39.3 Å². The molecule has 0 saturated carbocycles. The van der Waals surface area contributed by atoms with Gasteiger partial charge in [-0.15, -0.1) is 11.3 Å². The topological polar surface area (TPSA) is 77.6 Å². The summed E-state index contributed by atoms with van der Waals surface area (Å²) >= 11 is 3.07. The lowest BCUT2D eigenvalue weighted by atomic mass is 10.3. The van der Waals surface area contributed by atoms with Crippen LogP contribution in [0.15, 0.2) is 28.6 Å². The average Bonchev–Trinajstić information content (AvgIpc) is 2.84. The lowest BCUT2D eigenvalue weighted by Gasteiger charge is -2.02. The molecule has 0 amide bonds. The van der Waals surface area contributed by atoms with Crippen molar-refractivity contribution in [2.45, 2.75) is 30.5 Å². The lowest BCUT2D eigenvalue weighted by Crippen LogP contribution is -1.96. The summed E-state index contributed by atoms with van der Waals surface area (Å²) in [6, 6.07) is 2.12. The van der Waals surface area contributed by atoms with Crippen LogP contribution < -0.4 is 5.73 Å². The number of hydrogen-bond acceptors (Lipinski definition) is 7. The molecule has 0 bridgehead atoms. The van der Waals surface area contributed by atoms with Gasteiger partial charge in [0.1, 0.15) is 9.86 Å². The smallest absolute Gasteiger partial charge is 0.222 e. The summed E-state index contributed by atoms with van der Waals surface area (Å²) in [5, 5.41) is 2.50. The van der Waals surface area contributed by atoms with E-state index in [9.17, 15) is 0 Å². The number of nitrogens with zero attached hydrogens (tertiary/aromatic N) is 4. The van der Waals surface area contributed by atoms with Crippen LogP contribution in [0.4, 0.5) is 5.95 Å². The van der Waals surface area contributed by atoms with Crippen LogP contribution >= 0.6 is 23.1 Å². The molecule has 0 spiro atoms. The number of nitrogen functional groups attached to an aromatic ring is 1. The molecule has 102 valence electrons. The molecular formula is C13H13N5S2. The molecule has 3 heterocycles. The highest BCUT2D eigenvalue weighted by atomic mass is 32.2. The Balaban J connectivity index is 2.05. The van der Waals surface area contributed by atoms with Crippen molar-refractivity contribution in [2.75, 3.05) is 5.73 Å². The summed E-state index contributed by atoms with van der Waals surface area (Å²) < 4.78 is 0. The minimum absolute atomic E-state index is 0.289. The first-order valence-electron chi connectivity index (χ1n) is 6.18. The Morgan fingerprint density at radius 3 is 2.70 bits per heavy atom. The van der Waals surface area contributed by atoms with E-state index in [1.54, 1.807) is 23.7 Å². The number of nitrogens with two attached hydrogens (primary N) is 1. The molecule has 0 aliphatic rings. The summed E-state index contributed by atoms with van der Waals surface area (Å²) in [5.41, 5.74) is 6.82. The fraction of sp³-hybridized carbons (Fsp3) is 0.231. The van der Waals surface area contributed by atoms with E-state index in [1.165, 1.54) is 16.6 Å². The third kappa shape index (κ3) is 2.59. The monoisotopic (exact) mass is 303 g/mol. The van der Waals surface area contributed by atoms with Gasteiger partial charge < -0.3 is 5.73 Å². The molecule has 0 fully saturated rings. The first-order chi connectivity index (χ1) is 9.65. The van der Waals surface area contributed by atoms with Crippen LogP contribution in [0.25, 0.3) is 10.2 Å². The Morgan fingerprint density at radius 2 is 2.00 bits per heavy atom. The van der Waals surface area contributed by atoms with Gasteiger partial charge in [-0.25, -0.2) is 19.9 Å². The largest absolute Gasteiger partial charge is 0.368 e. The van der Waals surface area contributed by atoms with Crippen molar-refractivity contribution in [2.24, 2.45) is 0 Å².